The van der Waals surface area contributed by atoms with E-state index in [4.69, 9.17) is 5.11 Å². The molecular weight excluding hydrogens is 1100 g/mol. The van der Waals surface area contributed by atoms with Crippen molar-refractivity contribution < 1.29 is 32.7 Å². The topological polar surface area (TPSA) is 90.0 Å². The van der Waals surface area contributed by atoms with Gasteiger partial charge in [-0.15, -0.1) is 0 Å². The molecule has 2 unspecified atom stereocenters. The van der Waals surface area contributed by atoms with Crippen LogP contribution in [-0.2, 0) is 19.3 Å². The second kappa shape index (κ2) is 22.0. The highest BCUT2D eigenvalue weighted by Crippen LogP contribution is 2.47. The van der Waals surface area contributed by atoms with E-state index in [9.17, 15) is 27.6 Å². The van der Waals surface area contributed by atoms with Gasteiger partial charge >= 0.3 is 5.97 Å². The van der Waals surface area contributed by atoms with Gasteiger partial charge in [0, 0.05) is 37.6 Å². The van der Waals surface area contributed by atoms with Crippen LogP contribution in [0, 0.1) is 38.2 Å². The third-order valence-electron chi connectivity index (χ3n) is 14.6. The lowest BCUT2D eigenvalue weighted by atomic mass is 9.92. The Balaban J connectivity index is 0.000000132. The van der Waals surface area contributed by atoms with Crippen LogP contribution in [0.5, 0.6) is 0 Å². The molecule has 0 aliphatic carbocycles. The molecule has 7 nitrogen and oxygen atoms in total. The van der Waals surface area contributed by atoms with Crippen LogP contribution >= 0.6 is 47.8 Å². The van der Waals surface area contributed by atoms with E-state index < -0.39 is 23.4 Å². The molecule has 3 saturated heterocycles. The average molecular weight is 1160 g/mol. The van der Waals surface area contributed by atoms with Gasteiger partial charge in [0.15, 0.2) is 0 Å². The van der Waals surface area contributed by atoms with Gasteiger partial charge in [0.1, 0.15) is 17.5 Å². The number of carbonyl (C=O) groups is 3. The first-order valence-electron chi connectivity index (χ1n) is 23.8. The highest BCUT2D eigenvalue weighted by atomic mass is 79.9. The zero-order valence-electron chi connectivity index (χ0n) is 39.1. The SMILES string of the molecule is Brc1ccc2c(c1)C1CCC(C2)N1.C.Cc1ccc(F)c(C(=O)N2[C@@H]3CC[C@H]2c2cc(Br)ccc2C3)c1.Cc1ccc(F)c(C(=O)N2[C@H]3CC[C@@H]2c2cc(Br)ccc2C3)c1.Cc1ccc(F)c(C(=O)O)c1. The van der Waals surface area contributed by atoms with Gasteiger partial charge < -0.3 is 20.2 Å². The van der Waals surface area contributed by atoms with Crippen LogP contribution in [0.2, 0.25) is 0 Å². The van der Waals surface area contributed by atoms with Gasteiger partial charge in [0.2, 0.25) is 0 Å². The Hall–Kier alpha value is -5.08. The summed E-state index contributed by atoms with van der Waals surface area (Å²) >= 11 is 10.6. The van der Waals surface area contributed by atoms with E-state index in [-0.39, 0.29) is 60.1 Å². The summed E-state index contributed by atoms with van der Waals surface area (Å²) in [5.74, 6) is -3.14. The van der Waals surface area contributed by atoms with E-state index in [1.165, 1.54) is 75.8 Å². The lowest BCUT2D eigenvalue weighted by molar-refractivity contribution is 0.0633. The van der Waals surface area contributed by atoms with Crippen LogP contribution in [0.3, 0.4) is 0 Å². The van der Waals surface area contributed by atoms with Crippen LogP contribution in [0.4, 0.5) is 13.2 Å². The summed E-state index contributed by atoms with van der Waals surface area (Å²) in [7, 11) is 0. The van der Waals surface area contributed by atoms with Crippen molar-refractivity contribution >= 4 is 65.6 Å². The number of aromatic carboxylic acids is 1. The quantitative estimate of drug-likeness (QED) is 0.184. The molecular formula is C58H57Br3F3N3O4. The Morgan fingerprint density at radius 1 is 0.507 bits per heavy atom. The molecule has 13 heteroatoms. The van der Waals surface area contributed by atoms with Crippen LogP contribution < -0.4 is 5.32 Å². The Bertz CT molecular complexity index is 2890. The number of hydrogen-bond donors (Lipinski definition) is 2. The summed E-state index contributed by atoms with van der Waals surface area (Å²) in [5, 5.41) is 12.1. The Morgan fingerprint density at radius 3 is 1.32 bits per heavy atom. The van der Waals surface area contributed by atoms with Crippen LogP contribution in [-0.4, -0.2) is 50.8 Å². The molecule has 0 spiro atoms. The number of carboxylic acids is 1. The molecule has 2 amide bonds. The van der Waals surface area contributed by atoms with Crippen molar-refractivity contribution in [3.05, 3.63) is 207 Å². The molecule has 71 heavy (non-hydrogen) atoms. The minimum absolute atomic E-state index is 0. The first-order chi connectivity index (χ1) is 33.5. The van der Waals surface area contributed by atoms with E-state index in [0.29, 0.717) is 6.04 Å². The van der Waals surface area contributed by atoms with Gasteiger partial charge in [-0.1, -0.05) is 108 Å². The minimum atomic E-state index is -1.23. The second-order valence-electron chi connectivity index (χ2n) is 19.3. The summed E-state index contributed by atoms with van der Waals surface area (Å²) < 4.78 is 44.2. The van der Waals surface area contributed by atoms with Crippen molar-refractivity contribution in [1.29, 1.82) is 0 Å². The predicted octanol–water partition coefficient (Wildman–Crippen LogP) is 14.9. The standard InChI is InChI=1S/2C19H17BrFNO.C11H12BrN.C8H7FO2.CH4/c2*1-11-2-6-17(21)16(8-11)19(23)22-14-5-7-18(22)15-10-13(20)4-3-12(15)9-14;12-8-2-1-7-5-9-3-4-11(13-9)10(7)6-8;1-5-2-3-7(9)6(4-5)8(10)11;/h2*2-4,6,8,10,14,18H,5,7,9H2,1H3;1-2,6,9,11,13H,3-5H2;2-4H,1H3,(H,10,11);1H4/t2*14-,18+;;;/m10.../s1. The maximum atomic E-state index is 14.2. The summed E-state index contributed by atoms with van der Waals surface area (Å²) in [6.07, 6.45) is 9.47. The summed E-state index contributed by atoms with van der Waals surface area (Å²) in [6.45, 7) is 5.48. The third kappa shape index (κ3) is 11.1. The van der Waals surface area contributed by atoms with E-state index >= 15 is 0 Å². The Kier molecular flexibility index (Phi) is 16.2. The van der Waals surface area contributed by atoms with E-state index in [0.717, 1.165) is 76.3 Å². The third-order valence-corrected chi connectivity index (χ3v) is 16.0. The summed E-state index contributed by atoms with van der Waals surface area (Å²) in [5.41, 5.74) is 10.8. The monoisotopic (exact) mass is 1150 g/mol. The van der Waals surface area contributed by atoms with Gasteiger partial charge in [0.25, 0.3) is 11.8 Å². The van der Waals surface area contributed by atoms with E-state index in [2.05, 4.69) is 108 Å². The molecule has 0 radical (unpaired) electrons. The fourth-order valence-corrected chi connectivity index (χ4v) is 12.4. The Morgan fingerprint density at radius 2 is 0.901 bits per heavy atom. The fraction of sp³-hybridized carbons (Fsp3) is 0.328. The smallest absolute Gasteiger partial charge is 0.338 e. The maximum absolute atomic E-state index is 14.2. The predicted molar refractivity (Wildman–Crippen MR) is 283 cm³/mol. The number of nitrogens with one attached hydrogen (secondary N) is 1. The molecule has 370 valence electrons. The van der Waals surface area contributed by atoms with Crippen LogP contribution in [0.15, 0.2) is 123 Å². The number of halogens is 6. The summed E-state index contributed by atoms with van der Waals surface area (Å²) in [6, 6.07) is 34.6. The molecule has 6 aromatic rings. The molecule has 6 bridgehead atoms. The van der Waals surface area contributed by atoms with Gasteiger partial charge in [-0.2, -0.15) is 0 Å². The molecule has 0 aromatic heterocycles. The van der Waals surface area contributed by atoms with Gasteiger partial charge in [-0.3, -0.25) is 9.59 Å². The first-order valence-corrected chi connectivity index (χ1v) is 26.2. The van der Waals surface area contributed by atoms with Crippen molar-refractivity contribution in [2.75, 3.05) is 0 Å². The number of hydrogen-bond acceptors (Lipinski definition) is 4. The molecule has 0 saturated carbocycles. The van der Waals surface area contributed by atoms with E-state index in [1.807, 2.05) is 23.6 Å². The molecule has 6 atom stereocenters. The number of carbonyl (C=O) groups excluding carboxylic acids is 2. The van der Waals surface area contributed by atoms with Crippen molar-refractivity contribution in [3.63, 3.8) is 0 Å². The highest BCUT2D eigenvalue weighted by molar-refractivity contribution is 9.11. The molecule has 6 aromatic carbocycles. The van der Waals surface area contributed by atoms with Gasteiger partial charge in [-0.25, -0.2) is 18.0 Å². The molecule has 6 aliphatic heterocycles. The normalized spacial score (nSPS) is 21.4. The first kappa shape index (κ1) is 52.2. The number of rotatable bonds is 3. The largest absolute Gasteiger partial charge is 0.478 e. The number of fused-ring (bicyclic) bond motifs is 12. The summed E-state index contributed by atoms with van der Waals surface area (Å²) in [4.78, 5) is 40.2. The van der Waals surface area contributed by atoms with Gasteiger partial charge in [0.05, 0.1) is 28.8 Å². The fourth-order valence-electron chi connectivity index (χ4n) is 11.3. The molecule has 12 rings (SSSR count). The number of carboxylic acid groups (broad SMARTS) is 1. The van der Waals surface area contributed by atoms with Crippen molar-refractivity contribution in [3.8, 4) is 0 Å². The number of nitrogens with zero attached hydrogens (tertiary/aromatic N) is 2. The lowest BCUT2D eigenvalue weighted by Crippen LogP contribution is -2.42. The minimum Gasteiger partial charge on any atom is -0.478 e. The number of benzene rings is 6. The van der Waals surface area contributed by atoms with Crippen LogP contribution in [0.25, 0.3) is 0 Å². The second-order valence-corrected chi connectivity index (χ2v) is 22.1. The Labute approximate surface area is 439 Å². The van der Waals surface area contributed by atoms with Crippen molar-refractivity contribution in [2.24, 2.45) is 0 Å². The van der Waals surface area contributed by atoms with E-state index in [1.54, 1.807) is 36.8 Å². The highest BCUT2D eigenvalue weighted by Gasteiger charge is 2.45. The van der Waals surface area contributed by atoms with Crippen LogP contribution in [0.1, 0.15) is 145 Å². The molecule has 3 fully saturated rings. The molecule has 6 heterocycles. The zero-order chi connectivity index (χ0) is 49.5. The van der Waals surface area contributed by atoms with Crippen molar-refractivity contribution in [1.82, 2.24) is 15.1 Å². The zero-order valence-corrected chi connectivity index (χ0v) is 43.8. The molecule has 6 aliphatic rings. The lowest BCUT2D eigenvalue weighted by Gasteiger charge is -2.36. The maximum Gasteiger partial charge on any atom is 0.338 e. The average Bonchev–Trinajstić information content (AvgIpc) is 4.00. The van der Waals surface area contributed by atoms with Gasteiger partial charge in [-0.05, 0) is 185 Å². The van der Waals surface area contributed by atoms with Crippen molar-refractivity contribution in [2.45, 2.75) is 122 Å². The molecule has 2 N–H and O–H groups in total. The number of amides is 2. The number of aryl methyl sites for hydroxylation is 3.